The predicted molar refractivity (Wildman–Crippen MR) is 74.3 cm³/mol. The fourth-order valence-electron chi connectivity index (χ4n) is 2.60. The largest absolute Gasteiger partial charge is 0.411 e. The van der Waals surface area contributed by atoms with Crippen LogP contribution in [0.1, 0.15) is 11.8 Å². The van der Waals surface area contributed by atoms with E-state index >= 15 is 0 Å². The number of ether oxygens (including phenoxy) is 1. The lowest BCUT2D eigenvalue weighted by molar-refractivity contribution is -0.0508. The zero-order valence-corrected chi connectivity index (χ0v) is 11.3. The highest BCUT2D eigenvalue weighted by molar-refractivity contribution is 6.02. The van der Waals surface area contributed by atoms with Gasteiger partial charge in [0.05, 0.1) is 18.2 Å². The van der Waals surface area contributed by atoms with Gasteiger partial charge in [-0.25, -0.2) is 9.97 Å². The number of aliphatic hydroxyl groups is 3. The van der Waals surface area contributed by atoms with Gasteiger partial charge in [0.25, 0.3) is 0 Å². The first-order valence-electron chi connectivity index (χ1n) is 6.49. The number of aliphatic hydroxyl groups excluding tert-OH is 3. The Morgan fingerprint density at radius 3 is 2.77 bits per heavy atom. The minimum Gasteiger partial charge on any atom is -0.411 e. The summed E-state index contributed by atoms with van der Waals surface area (Å²) in [6.07, 6.45) is -0.467. The molecular weight excluding hydrogens is 294 g/mol. The highest BCUT2D eigenvalue weighted by Gasteiger charge is 2.44. The van der Waals surface area contributed by atoms with Gasteiger partial charge >= 0.3 is 0 Å². The van der Waals surface area contributed by atoms with Gasteiger partial charge in [0.15, 0.2) is 6.23 Å². The second-order valence-electron chi connectivity index (χ2n) is 4.92. The molecule has 10 heteroatoms. The summed E-state index contributed by atoms with van der Waals surface area (Å²) in [6, 6.07) is 0. The molecule has 1 aliphatic heterocycles. The Kier molecular flexibility index (Phi) is 3.66. The van der Waals surface area contributed by atoms with Gasteiger partial charge in [0.2, 0.25) is 0 Å². The number of fused-ring (bicyclic) bond motifs is 1. The third kappa shape index (κ3) is 2.09. The van der Waals surface area contributed by atoms with Crippen LogP contribution >= 0.6 is 0 Å². The van der Waals surface area contributed by atoms with Crippen molar-refractivity contribution < 1.29 is 25.3 Å². The fourth-order valence-corrected chi connectivity index (χ4v) is 2.60. The molecule has 0 radical (unpaired) electrons. The number of aromatic nitrogens is 3. The van der Waals surface area contributed by atoms with Crippen LogP contribution in [0.4, 0.5) is 5.82 Å². The van der Waals surface area contributed by atoms with E-state index in [1.54, 1.807) is 0 Å². The summed E-state index contributed by atoms with van der Waals surface area (Å²) in [5.41, 5.74) is 6.58. The lowest BCUT2D eigenvalue weighted by Crippen LogP contribution is -2.33. The maximum Gasteiger partial charge on any atom is 0.164 e. The predicted octanol–water partition coefficient (Wildman–Crippen LogP) is -1.57. The highest BCUT2D eigenvalue weighted by Crippen LogP contribution is 2.33. The van der Waals surface area contributed by atoms with E-state index in [2.05, 4.69) is 15.1 Å². The Hall–Kier alpha value is -2.27. The van der Waals surface area contributed by atoms with Crippen molar-refractivity contribution in [1.82, 2.24) is 14.5 Å². The van der Waals surface area contributed by atoms with E-state index in [0.717, 1.165) is 6.21 Å². The molecule has 0 aromatic carbocycles. The molecule has 3 heterocycles. The third-order valence-electron chi connectivity index (χ3n) is 3.66. The molecule has 1 fully saturated rings. The lowest BCUT2D eigenvalue weighted by atomic mass is 10.1. The number of hydrogen-bond donors (Lipinski definition) is 5. The molecule has 1 saturated heterocycles. The molecule has 1 aliphatic rings. The fraction of sp³-hybridized carbons (Fsp3) is 0.417. The zero-order valence-electron chi connectivity index (χ0n) is 11.3. The summed E-state index contributed by atoms with van der Waals surface area (Å²) in [4.78, 5) is 7.97. The first kappa shape index (κ1) is 14.7. The van der Waals surface area contributed by atoms with Crippen LogP contribution in [0.2, 0.25) is 0 Å². The molecule has 0 aliphatic carbocycles. The van der Waals surface area contributed by atoms with Gasteiger partial charge in [0, 0.05) is 11.8 Å². The molecule has 0 amide bonds. The summed E-state index contributed by atoms with van der Waals surface area (Å²) < 4.78 is 6.92. The van der Waals surface area contributed by atoms with Crippen molar-refractivity contribution in [3.63, 3.8) is 0 Å². The van der Waals surface area contributed by atoms with E-state index in [0.29, 0.717) is 16.6 Å². The van der Waals surface area contributed by atoms with Crippen molar-refractivity contribution in [1.29, 1.82) is 0 Å². The Morgan fingerprint density at radius 2 is 2.14 bits per heavy atom. The van der Waals surface area contributed by atoms with Crippen molar-refractivity contribution in [2.75, 3.05) is 12.3 Å². The van der Waals surface area contributed by atoms with Crippen LogP contribution in [-0.2, 0) is 4.74 Å². The standard InChI is InChI=1S/C12H15N5O5/c13-10-7-5(1-16-21)2-17(11(7)15-4-14-10)12-9(20)8(19)6(3-18)22-12/h1-2,4,6,8-9,12,18-21H,3H2,(H2,13,14,15)/b16-1+/t6-,8-,9-,12-/m1/s1. The van der Waals surface area contributed by atoms with Crippen molar-refractivity contribution in [2.45, 2.75) is 24.5 Å². The van der Waals surface area contributed by atoms with E-state index in [-0.39, 0.29) is 5.82 Å². The quantitative estimate of drug-likeness (QED) is 0.258. The first-order valence-corrected chi connectivity index (χ1v) is 6.49. The number of anilines is 1. The Labute approximate surface area is 124 Å². The molecule has 3 rings (SSSR count). The van der Waals surface area contributed by atoms with Crippen LogP contribution in [0.15, 0.2) is 17.7 Å². The van der Waals surface area contributed by atoms with Gasteiger partial charge in [-0.1, -0.05) is 5.16 Å². The van der Waals surface area contributed by atoms with E-state index in [1.165, 1.54) is 17.1 Å². The number of nitrogens with zero attached hydrogens (tertiary/aromatic N) is 4. The van der Waals surface area contributed by atoms with Crippen LogP contribution in [0.25, 0.3) is 11.0 Å². The topological polar surface area (TPSA) is 159 Å². The van der Waals surface area contributed by atoms with Crippen molar-refractivity contribution >= 4 is 23.1 Å². The molecule has 2 aromatic heterocycles. The van der Waals surface area contributed by atoms with Gasteiger partial charge < -0.3 is 35.6 Å². The molecular formula is C12H15N5O5. The van der Waals surface area contributed by atoms with E-state index < -0.39 is 31.1 Å². The van der Waals surface area contributed by atoms with Crippen LogP contribution < -0.4 is 5.73 Å². The average molecular weight is 309 g/mol. The van der Waals surface area contributed by atoms with Crippen molar-refractivity contribution in [3.8, 4) is 0 Å². The van der Waals surface area contributed by atoms with Crippen molar-refractivity contribution in [2.24, 2.45) is 5.16 Å². The van der Waals surface area contributed by atoms with E-state index in [1.807, 2.05) is 0 Å². The van der Waals surface area contributed by atoms with Gasteiger partial charge in [-0.15, -0.1) is 0 Å². The van der Waals surface area contributed by atoms with Gasteiger partial charge in [-0.2, -0.15) is 0 Å². The minimum absolute atomic E-state index is 0.172. The maximum absolute atomic E-state index is 10.1. The smallest absolute Gasteiger partial charge is 0.164 e. The molecule has 0 saturated carbocycles. The SMILES string of the molecule is Nc1ncnc2c1c(/C=N/O)cn2[C@@H]1O[C@H](CO)[C@@H](O)[C@H]1O. The number of nitrogens with two attached hydrogens (primary N) is 1. The molecule has 0 bridgehead atoms. The number of oxime groups is 1. The van der Waals surface area contributed by atoms with E-state index in [9.17, 15) is 10.2 Å². The summed E-state index contributed by atoms with van der Waals surface area (Å²) >= 11 is 0. The Balaban J connectivity index is 2.14. The molecule has 4 atom stereocenters. The lowest BCUT2D eigenvalue weighted by Gasteiger charge is -2.17. The summed E-state index contributed by atoms with van der Waals surface area (Å²) in [5.74, 6) is 0.172. The van der Waals surface area contributed by atoms with Gasteiger partial charge in [0.1, 0.15) is 36.1 Å². The van der Waals surface area contributed by atoms with Gasteiger partial charge in [-0.3, -0.25) is 0 Å². The van der Waals surface area contributed by atoms with Crippen molar-refractivity contribution in [3.05, 3.63) is 18.1 Å². The Morgan fingerprint density at radius 1 is 1.36 bits per heavy atom. The second kappa shape index (κ2) is 5.50. The monoisotopic (exact) mass is 309 g/mol. The molecule has 2 aromatic rings. The third-order valence-corrected chi connectivity index (χ3v) is 3.66. The van der Waals surface area contributed by atoms with Crippen LogP contribution in [0.5, 0.6) is 0 Å². The molecule has 6 N–H and O–H groups in total. The number of nitrogen functional groups attached to an aromatic ring is 1. The number of rotatable bonds is 3. The Bertz CT molecular complexity index is 717. The molecule has 0 spiro atoms. The zero-order chi connectivity index (χ0) is 15.9. The highest BCUT2D eigenvalue weighted by atomic mass is 16.6. The summed E-state index contributed by atoms with van der Waals surface area (Å²) in [6.45, 7) is -0.435. The van der Waals surface area contributed by atoms with Crippen LogP contribution in [0.3, 0.4) is 0 Å². The van der Waals surface area contributed by atoms with Crippen LogP contribution in [-0.4, -0.2) is 66.2 Å². The number of hydrogen-bond acceptors (Lipinski definition) is 9. The molecule has 22 heavy (non-hydrogen) atoms. The molecule has 118 valence electrons. The molecule has 0 unspecified atom stereocenters. The average Bonchev–Trinajstić information content (AvgIpc) is 3.00. The second-order valence-corrected chi connectivity index (χ2v) is 4.92. The van der Waals surface area contributed by atoms with Crippen LogP contribution in [0, 0.1) is 0 Å². The van der Waals surface area contributed by atoms with Gasteiger partial charge in [-0.05, 0) is 0 Å². The normalized spacial score (nSPS) is 28.9. The maximum atomic E-state index is 10.1. The first-order chi connectivity index (χ1) is 10.6. The summed E-state index contributed by atoms with van der Waals surface area (Å²) in [5, 5.41) is 41.3. The minimum atomic E-state index is -1.26. The summed E-state index contributed by atoms with van der Waals surface area (Å²) in [7, 11) is 0. The molecule has 10 nitrogen and oxygen atoms in total. The van der Waals surface area contributed by atoms with E-state index in [4.69, 9.17) is 20.8 Å².